The van der Waals surface area contributed by atoms with E-state index in [1.807, 2.05) is 0 Å². The molecular weight excluding hydrogens is 336 g/mol. The van der Waals surface area contributed by atoms with Crippen molar-refractivity contribution in [3.63, 3.8) is 0 Å². The third kappa shape index (κ3) is 4.62. The number of alkyl halides is 2. The van der Waals surface area contributed by atoms with Gasteiger partial charge >= 0.3 is 6.05 Å². The van der Waals surface area contributed by atoms with Crippen LogP contribution in [0.1, 0.15) is 11.1 Å². The van der Waals surface area contributed by atoms with Crippen LogP contribution in [0.4, 0.5) is 14.5 Å². The van der Waals surface area contributed by atoms with Crippen molar-refractivity contribution in [1.82, 2.24) is 0 Å². The summed E-state index contributed by atoms with van der Waals surface area (Å²) in [6.45, 7) is 0. The number of halogens is 3. The van der Waals surface area contributed by atoms with E-state index in [9.17, 15) is 13.6 Å². The van der Waals surface area contributed by atoms with Gasteiger partial charge in [0.2, 0.25) is 0 Å². The SMILES string of the molecule is N#C/C(=C\c1cccc(C([NH3+])(F)F)c1)C(=O)Nc1ccc(Cl)cc1. The molecule has 24 heavy (non-hydrogen) atoms. The molecule has 122 valence electrons. The number of carbonyl (C=O) groups excluding carboxylic acids is 1. The number of benzene rings is 2. The Labute approximate surface area is 142 Å². The maximum atomic E-state index is 13.2. The van der Waals surface area contributed by atoms with Gasteiger partial charge in [-0.15, -0.1) is 8.78 Å². The highest BCUT2D eigenvalue weighted by molar-refractivity contribution is 6.30. The van der Waals surface area contributed by atoms with Gasteiger partial charge in [0.05, 0.1) is 5.56 Å². The number of nitrogens with one attached hydrogen (secondary N) is 1. The topological polar surface area (TPSA) is 80.5 Å². The quantitative estimate of drug-likeness (QED) is 0.505. The van der Waals surface area contributed by atoms with Crippen molar-refractivity contribution >= 4 is 29.3 Å². The van der Waals surface area contributed by atoms with Crippen molar-refractivity contribution in [2.24, 2.45) is 0 Å². The standard InChI is InChI=1S/C17H12ClF2N3O/c18-14-4-6-15(7-5-14)23-16(24)12(10-21)8-11-2-1-3-13(9-11)17(19,20)22/h1-9H,22H2,(H,23,24)/p+1/b12-8+. The van der Waals surface area contributed by atoms with Crippen LogP contribution in [-0.4, -0.2) is 5.91 Å². The number of rotatable bonds is 4. The lowest BCUT2D eigenvalue weighted by Crippen LogP contribution is -2.64. The molecule has 0 unspecified atom stereocenters. The third-order valence-corrected chi connectivity index (χ3v) is 3.34. The van der Waals surface area contributed by atoms with E-state index in [-0.39, 0.29) is 11.1 Å². The predicted octanol–water partition coefficient (Wildman–Crippen LogP) is 3.18. The molecule has 4 N–H and O–H groups in total. The summed E-state index contributed by atoms with van der Waals surface area (Å²) >= 11 is 5.75. The zero-order valence-electron chi connectivity index (χ0n) is 12.4. The summed E-state index contributed by atoms with van der Waals surface area (Å²) in [4.78, 5) is 12.1. The van der Waals surface area contributed by atoms with Crippen LogP contribution in [-0.2, 0) is 10.8 Å². The number of hydrogen-bond acceptors (Lipinski definition) is 2. The molecule has 0 saturated heterocycles. The number of carbonyl (C=O) groups is 1. The molecule has 2 aromatic rings. The zero-order valence-corrected chi connectivity index (χ0v) is 13.1. The highest BCUT2D eigenvalue weighted by Gasteiger charge is 2.30. The third-order valence-electron chi connectivity index (χ3n) is 3.09. The molecule has 2 aromatic carbocycles. The fourth-order valence-electron chi connectivity index (χ4n) is 1.90. The Bertz CT molecular complexity index is 821. The van der Waals surface area contributed by atoms with Crippen LogP contribution in [0.25, 0.3) is 6.08 Å². The van der Waals surface area contributed by atoms with Gasteiger partial charge in [-0.25, -0.2) is 0 Å². The molecule has 7 heteroatoms. The molecule has 0 aromatic heterocycles. The van der Waals surface area contributed by atoms with Crippen molar-refractivity contribution in [3.05, 3.63) is 70.3 Å². The maximum absolute atomic E-state index is 13.2. The molecule has 0 spiro atoms. The highest BCUT2D eigenvalue weighted by atomic mass is 35.5. The van der Waals surface area contributed by atoms with Gasteiger partial charge in [-0.3, -0.25) is 10.5 Å². The summed E-state index contributed by atoms with van der Waals surface area (Å²) in [5.41, 5.74) is 3.02. The molecule has 0 atom stereocenters. The van der Waals surface area contributed by atoms with Gasteiger partial charge in [0.25, 0.3) is 5.91 Å². The van der Waals surface area contributed by atoms with Crippen LogP contribution in [0.3, 0.4) is 0 Å². The van der Waals surface area contributed by atoms with Crippen LogP contribution in [0.2, 0.25) is 5.02 Å². The van der Waals surface area contributed by atoms with Crippen molar-refractivity contribution < 1.29 is 19.3 Å². The molecular formula is C17H13ClF2N3O+. The molecule has 2 rings (SSSR count). The van der Waals surface area contributed by atoms with Gasteiger partial charge in [0.15, 0.2) is 0 Å². The van der Waals surface area contributed by atoms with Crippen LogP contribution in [0.5, 0.6) is 0 Å². The smallest absolute Gasteiger partial charge is 0.321 e. The predicted molar refractivity (Wildman–Crippen MR) is 86.9 cm³/mol. The number of nitriles is 1. The molecule has 0 heterocycles. The van der Waals surface area contributed by atoms with Crippen molar-refractivity contribution in [2.45, 2.75) is 6.05 Å². The van der Waals surface area contributed by atoms with E-state index in [0.29, 0.717) is 16.3 Å². The van der Waals surface area contributed by atoms with Crippen LogP contribution < -0.4 is 11.1 Å². The summed E-state index contributed by atoms with van der Waals surface area (Å²) in [5, 5.41) is 12.2. The Morgan fingerprint density at radius 2 is 1.92 bits per heavy atom. The van der Waals surface area contributed by atoms with E-state index in [2.05, 4.69) is 11.1 Å². The number of nitrogens with zero attached hydrogens (tertiary/aromatic N) is 1. The minimum absolute atomic E-state index is 0.213. The second-order valence-electron chi connectivity index (χ2n) is 4.96. The van der Waals surface area contributed by atoms with E-state index >= 15 is 0 Å². The maximum Gasteiger partial charge on any atom is 0.414 e. The van der Waals surface area contributed by atoms with Crippen LogP contribution in [0, 0.1) is 11.3 Å². The van der Waals surface area contributed by atoms with E-state index in [1.165, 1.54) is 30.3 Å². The van der Waals surface area contributed by atoms with Crippen molar-refractivity contribution in [1.29, 1.82) is 5.26 Å². The first-order valence-corrected chi connectivity index (χ1v) is 7.20. The molecule has 0 aliphatic carbocycles. The molecule has 0 bridgehead atoms. The molecule has 0 saturated carbocycles. The average Bonchev–Trinajstić information content (AvgIpc) is 2.54. The largest absolute Gasteiger partial charge is 0.414 e. The second kappa shape index (κ2) is 7.21. The average molecular weight is 349 g/mol. The molecule has 0 radical (unpaired) electrons. The fraction of sp³-hybridized carbons (Fsp3) is 0.0588. The van der Waals surface area contributed by atoms with Gasteiger partial charge < -0.3 is 5.32 Å². The molecule has 4 nitrogen and oxygen atoms in total. The summed E-state index contributed by atoms with van der Waals surface area (Å²) in [6.07, 6.45) is 1.24. The Morgan fingerprint density at radius 1 is 1.25 bits per heavy atom. The van der Waals surface area contributed by atoms with Crippen molar-refractivity contribution in [2.75, 3.05) is 5.32 Å². The Morgan fingerprint density at radius 3 is 2.50 bits per heavy atom. The highest BCUT2D eigenvalue weighted by Crippen LogP contribution is 2.21. The van der Waals surface area contributed by atoms with Crippen LogP contribution >= 0.6 is 11.6 Å². The van der Waals surface area contributed by atoms with Gasteiger partial charge in [0, 0.05) is 10.7 Å². The fourth-order valence-corrected chi connectivity index (χ4v) is 2.03. The first kappa shape index (κ1) is 17.6. The first-order chi connectivity index (χ1) is 11.3. The summed E-state index contributed by atoms with van der Waals surface area (Å²) in [5.74, 6) is -0.647. The lowest BCUT2D eigenvalue weighted by Gasteiger charge is -2.07. The Hall–Kier alpha value is -2.75. The van der Waals surface area contributed by atoms with E-state index in [0.717, 1.165) is 0 Å². The van der Waals surface area contributed by atoms with Crippen molar-refractivity contribution in [3.8, 4) is 6.07 Å². The van der Waals surface area contributed by atoms with E-state index in [4.69, 9.17) is 16.9 Å². The Balaban J connectivity index is 2.24. The first-order valence-electron chi connectivity index (χ1n) is 6.82. The summed E-state index contributed by atoms with van der Waals surface area (Å²) < 4.78 is 26.5. The molecule has 0 aliphatic rings. The van der Waals surface area contributed by atoms with E-state index < -0.39 is 12.0 Å². The molecule has 0 aliphatic heterocycles. The lowest BCUT2D eigenvalue weighted by atomic mass is 10.1. The summed E-state index contributed by atoms with van der Waals surface area (Å²) in [7, 11) is 0. The molecule has 1 amide bonds. The zero-order chi connectivity index (χ0) is 17.7. The van der Waals surface area contributed by atoms with Crippen LogP contribution in [0.15, 0.2) is 54.1 Å². The second-order valence-corrected chi connectivity index (χ2v) is 5.40. The summed E-state index contributed by atoms with van der Waals surface area (Å²) in [6, 6.07) is 10.2. The number of amides is 1. The van der Waals surface area contributed by atoms with Gasteiger partial charge in [-0.05, 0) is 48.0 Å². The number of quaternary nitrogens is 1. The minimum Gasteiger partial charge on any atom is -0.321 e. The van der Waals surface area contributed by atoms with Gasteiger partial charge in [-0.1, -0.05) is 23.7 Å². The lowest BCUT2D eigenvalue weighted by molar-refractivity contribution is -0.583. The van der Waals surface area contributed by atoms with Gasteiger partial charge in [-0.2, -0.15) is 5.26 Å². The number of hydrogen-bond donors (Lipinski definition) is 2. The monoisotopic (exact) mass is 348 g/mol. The minimum atomic E-state index is -3.25. The Kier molecular flexibility index (Phi) is 5.29. The van der Waals surface area contributed by atoms with Gasteiger partial charge in [0.1, 0.15) is 11.6 Å². The van der Waals surface area contributed by atoms with E-state index in [1.54, 1.807) is 30.3 Å². The number of anilines is 1. The normalized spacial score (nSPS) is 11.7. The molecule has 0 fully saturated rings.